The number of rotatable bonds is 6. The van der Waals surface area contributed by atoms with Crippen LogP contribution in [-0.4, -0.2) is 17.8 Å². The van der Waals surface area contributed by atoms with Crippen LogP contribution < -0.4 is 5.32 Å². The Morgan fingerprint density at radius 2 is 1.94 bits per heavy atom. The third-order valence-electron chi connectivity index (χ3n) is 3.18. The third-order valence-corrected chi connectivity index (χ3v) is 4.70. The van der Waals surface area contributed by atoms with Gasteiger partial charge in [0.1, 0.15) is 0 Å². The summed E-state index contributed by atoms with van der Waals surface area (Å²) in [6.07, 6.45) is 0.829. The number of nitrogens with one attached hydrogen (secondary N) is 1. The molecule has 0 aromatic carbocycles. The molecular formula is C15H27NOS. The molecule has 1 aromatic rings. The Morgan fingerprint density at radius 1 is 1.28 bits per heavy atom. The van der Waals surface area contributed by atoms with E-state index in [0.29, 0.717) is 12.0 Å². The van der Waals surface area contributed by atoms with Crippen LogP contribution in [0.1, 0.15) is 50.8 Å². The Balaban J connectivity index is 2.55. The summed E-state index contributed by atoms with van der Waals surface area (Å²) in [6.45, 7) is 12.3. The zero-order valence-corrected chi connectivity index (χ0v) is 13.1. The van der Waals surface area contributed by atoms with Crippen molar-refractivity contribution in [2.24, 2.45) is 5.92 Å². The lowest BCUT2D eigenvalue weighted by molar-refractivity contribution is 0.244. The van der Waals surface area contributed by atoms with Crippen LogP contribution >= 0.6 is 11.3 Å². The predicted molar refractivity (Wildman–Crippen MR) is 80.2 cm³/mol. The molecule has 104 valence electrons. The summed E-state index contributed by atoms with van der Waals surface area (Å²) in [7, 11) is 0. The van der Waals surface area contributed by atoms with Crippen LogP contribution in [0.25, 0.3) is 0 Å². The van der Waals surface area contributed by atoms with Crippen LogP contribution in [-0.2, 0) is 12.0 Å². The van der Waals surface area contributed by atoms with Gasteiger partial charge in [0.25, 0.3) is 0 Å². The van der Waals surface area contributed by atoms with Gasteiger partial charge in [-0.3, -0.25) is 0 Å². The second-order valence-corrected chi connectivity index (χ2v) is 7.43. The van der Waals surface area contributed by atoms with Crippen molar-refractivity contribution in [3.8, 4) is 0 Å². The van der Waals surface area contributed by atoms with Crippen molar-refractivity contribution >= 4 is 11.3 Å². The van der Waals surface area contributed by atoms with Gasteiger partial charge < -0.3 is 10.4 Å². The Labute approximate surface area is 115 Å². The van der Waals surface area contributed by atoms with Crippen molar-refractivity contribution in [2.75, 3.05) is 6.61 Å². The maximum absolute atomic E-state index is 9.06. The van der Waals surface area contributed by atoms with Crippen molar-refractivity contribution in [3.63, 3.8) is 0 Å². The molecular weight excluding hydrogens is 242 g/mol. The first-order valence-corrected chi connectivity index (χ1v) is 7.59. The van der Waals surface area contributed by atoms with E-state index >= 15 is 0 Å². The second-order valence-electron chi connectivity index (χ2n) is 6.26. The minimum atomic E-state index is 0.242. The molecule has 0 bridgehead atoms. The zero-order valence-electron chi connectivity index (χ0n) is 12.3. The van der Waals surface area contributed by atoms with E-state index in [-0.39, 0.29) is 12.0 Å². The van der Waals surface area contributed by atoms with Crippen LogP contribution in [0.2, 0.25) is 0 Å². The summed E-state index contributed by atoms with van der Waals surface area (Å²) in [4.78, 5) is 2.81. The highest BCUT2D eigenvalue weighted by atomic mass is 32.1. The second kappa shape index (κ2) is 6.69. The lowest BCUT2D eigenvalue weighted by Crippen LogP contribution is -2.33. The molecule has 1 rings (SSSR count). The van der Waals surface area contributed by atoms with Gasteiger partial charge in [-0.05, 0) is 29.9 Å². The van der Waals surface area contributed by atoms with Crippen molar-refractivity contribution in [3.05, 3.63) is 21.9 Å². The maximum atomic E-state index is 9.06. The molecule has 1 heterocycles. The SMILES string of the molecule is CC(C)C(CCO)NCc1ccc(C(C)(C)C)s1. The largest absolute Gasteiger partial charge is 0.396 e. The van der Waals surface area contributed by atoms with Gasteiger partial charge in [-0.2, -0.15) is 0 Å². The fourth-order valence-corrected chi connectivity index (χ4v) is 2.93. The number of aliphatic hydroxyl groups is 1. The Bertz CT molecular complexity index is 352. The van der Waals surface area contributed by atoms with Crippen molar-refractivity contribution in [2.45, 2.75) is 59.0 Å². The first-order valence-electron chi connectivity index (χ1n) is 6.78. The monoisotopic (exact) mass is 269 g/mol. The molecule has 2 nitrogen and oxygen atoms in total. The molecule has 18 heavy (non-hydrogen) atoms. The minimum Gasteiger partial charge on any atom is -0.396 e. The third kappa shape index (κ3) is 4.71. The highest BCUT2D eigenvalue weighted by molar-refractivity contribution is 7.12. The summed E-state index contributed by atoms with van der Waals surface area (Å²) in [6, 6.07) is 4.85. The molecule has 0 radical (unpaired) electrons. The summed E-state index contributed by atoms with van der Waals surface area (Å²) >= 11 is 1.89. The van der Waals surface area contributed by atoms with Crippen LogP contribution in [0, 0.1) is 5.92 Å². The van der Waals surface area contributed by atoms with Gasteiger partial charge in [0, 0.05) is 28.9 Å². The van der Waals surface area contributed by atoms with Gasteiger partial charge in [0.15, 0.2) is 0 Å². The molecule has 0 spiro atoms. The fourth-order valence-electron chi connectivity index (χ4n) is 1.92. The lowest BCUT2D eigenvalue weighted by Gasteiger charge is -2.21. The average molecular weight is 269 g/mol. The van der Waals surface area contributed by atoms with Gasteiger partial charge in [-0.15, -0.1) is 11.3 Å². The van der Waals surface area contributed by atoms with E-state index in [9.17, 15) is 0 Å². The highest BCUT2D eigenvalue weighted by Gasteiger charge is 2.17. The predicted octanol–water partition coefficient (Wildman–Crippen LogP) is 3.54. The van der Waals surface area contributed by atoms with Crippen LogP contribution in [0.5, 0.6) is 0 Å². The fraction of sp³-hybridized carbons (Fsp3) is 0.733. The molecule has 0 amide bonds. The summed E-state index contributed by atoms with van der Waals surface area (Å²) in [5.74, 6) is 0.555. The molecule has 1 atom stereocenters. The van der Waals surface area contributed by atoms with E-state index in [2.05, 4.69) is 52.1 Å². The normalized spacial score (nSPS) is 14.2. The van der Waals surface area contributed by atoms with Crippen LogP contribution in [0.3, 0.4) is 0 Å². The summed E-state index contributed by atoms with van der Waals surface area (Å²) in [5, 5.41) is 12.6. The van der Waals surface area contributed by atoms with Gasteiger partial charge in [-0.25, -0.2) is 0 Å². The van der Waals surface area contributed by atoms with E-state index in [1.807, 2.05) is 11.3 Å². The molecule has 0 aliphatic heterocycles. The Kier molecular flexibility index (Phi) is 5.83. The quantitative estimate of drug-likeness (QED) is 0.828. The maximum Gasteiger partial charge on any atom is 0.0445 e. The number of aliphatic hydroxyl groups excluding tert-OH is 1. The van der Waals surface area contributed by atoms with E-state index in [0.717, 1.165) is 13.0 Å². The Hall–Kier alpha value is -0.380. The first-order chi connectivity index (χ1) is 8.34. The van der Waals surface area contributed by atoms with Crippen molar-refractivity contribution in [1.82, 2.24) is 5.32 Å². The molecule has 1 unspecified atom stereocenters. The van der Waals surface area contributed by atoms with Crippen LogP contribution in [0.4, 0.5) is 0 Å². The van der Waals surface area contributed by atoms with E-state index in [4.69, 9.17) is 5.11 Å². The summed E-state index contributed by atoms with van der Waals surface area (Å²) in [5.41, 5.74) is 0.242. The van der Waals surface area contributed by atoms with Crippen molar-refractivity contribution < 1.29 is 5.11 Å². The minimum absolute atomic E-state index is 0.242. The summed E-state index contributed by atoms with van der Waals surface area (Å²) < 4.78 is 0. The average Bonchev–Trinajstić information content (AvgIpc) is 2.71. The number of hydrogen-bond donors (Lipinski definition) is 2. The number of thiophene rings is 1. The smallest absolute Gasteiger partial charge is 0.0445 e. The molecule has 0 saturated carbocycles. The van der Waals surface area contributed by atoms with Gasteiger partial charge in [-0.1, -0.05) is 34.6 Å². The van der Waals surface area contributed by atoms with Crippen LogP contribution in [0.15, 0.2) is 12.1 Å². The molecule has 0 saturated heterocycles. The standard InChI is InChI=1S/C15H27NOS/c1-11(2)13(8-9-17)16-10-12-6-7-14(18-12)15(3,4)5/h6-7,11,13,16-17H,8-10H2,1-5H3. The van der Waals surface area contributed by atoms with Crippen molar-refractivity contribution in [1.29, 1.82) is 0 Å². The molecule has 0 aliphatic rings. The number of hydrogen-bond acceptors (Lipinski definition) is 3. The van der Waals surface area contributed by atoms with E-state index < -0.39 is 0 Å². The van der Waals surface area contributed by atoms with Gasteiger partial charge >= 0.3 is 0 Å². The van der Waals surface area contributed by atoms with E-state index in [1.54, 1.807) is 0 Å². The zero-order chi connectivity index (χ0) is 13.8. The first kappa shape index (κ1) is 15.7. The molecule has 3 heteroatoms. The molecule has 2 N–H and O–H groups in total. The lowest BCUT2D eigenvalue weighted by atomic mass is 9.95. The van der Waals surface area contributed by atoms with Gasteiger partial charge in [0.05, 0.1) is 0 Å². The highest BCUT2D eigenvalue weighted by Crippen LogP contribution is 2.29. The van der Waals surface area contributed by atoms with E-state index in [1.165, 1.54) is 9.75 Å². The molecule has 0 aliphatic carbocycles. The topological polar surface area (TPSA) is 32.3 Å². The molecule has 0 fully saturated rings. The Morgan fingerprint density at radius 3 is 2.39 bits per heavy atom. The molecule has 1 aromatic heterocycles. The van der Waals surface area contributed by atoms with Gasteiger partial charge in [0.2, 0.25) is 0 Å².